The van der Waals surface area contributed by atoms with Crippen molar-refractivity contribution in [2.75, 3.05) is 5.75 Å². The van der Waals surface area contributed by atoms with E-state index in [0.29, 0.717) is 4.87 Å². The van der Waals surface area contributed by atoms with E-state index in [1.807, 2.05) is 0 Å². The Kier molecular flexibility index (Phi) is 5.68. The fraction of sp³-hybridized carbons (Fsp3) is 1.00. The molecule has 100 valence electrons. The molecule has 1 unspecified atom stereocenters. The molecule has 0 aromatic carbocycles. The van der Waals surface area contributed by atoms with E-state index in [1.165, 1.54) is 76.4 Å². The van der Waals surface area contributed by atoms with E-state index in [0.717, 1.165) is 6.04 Å². The molecule has 2 rings (SSSR count). The van der Waals surface area contributed by atoms with Gasteiger partial charge >= 0.3 is 0 Å². The summed E-state index contributed by atoms with van der Waals surface area (Å²) in [6.45, 7) is 2.35. The van der Waals surface area contributed by atoms with Gasteiger partial charge in [0, 0.05) is 11.8 Å². The van der Waals surface area contributed by atoms with Crippen molar-refractivity contribution in [1.82, 2.24) is 5.32 Å². The van der Waals surface area contributed by atoms with Crippen LogP contribution in [-0.2, 0) is 0 Å². The standard InChI is InChI=1S/C15H29NS/c1-14-13-17-15(16-14)11-9-7-5-3-2-4-6-8-10-12-15/h14,16H,2-13H2,1H3. The van der Waals surface area contributed by atoms with E-state index >= 15 is 0 Å². The van der Waals surface area contributed by atoms with Crippen LogP contribution >= 0.6 is 11.8 Å². The molecule has 1 heterocycles. The summed E-state index contributed by atoms with van der Waals surface area (Å²) in [6.07, 6.45) is 16.0. The lowest BCUT2D eigenvalue weighted by Crippen LogP contribution is -2.40. The highest BCUT2D eigenvalue weighted by molar-refractivity contribution is 8.00. The average molecular weight is 255 g/mol. The van der Waals surface area contributed by atoms with E-state index in [2.05, 4.69) is 24.0 Å². The maximum absolute atomic E-state index is 3.88. The van der Waals surface area contributed by atoms with Crippen LogP contribution in [0.4, 0.5) is 0 Å². The zero-order valence-corrected chi connectivity index (χ0v) is 12.3. The molecule has 0 amide bonds. The summed E-state index contributed by atoms with van der Waals surface area (Å²) < 4.78 is 0. The number of thioether (sulfide) groups is 1. The second-order valence-corrected chi connectivity index (χ2v) is 7.44. The minimum absolute atomic E-state index is 0.457. The summed E-state index contributed by atoms with van der Waals surface area (Å²) in [6, 6.07) is 0.730. The molecule has 1 nitrogen and oxygen atoms in total. The molecule has 0 bridgehead atoms. The number of hydrogen-bond acceptors (Lipinski definition) is 2. The quantitative estimate of drug-likeness (QED) is 0.672. The molecule has 1 aliphatic carbocycles. The highest BCUT2D eigenvalue weighted by Gasteiger charge is 2.36. The van der Waals surface area contributed by atoms with Crippen LogP contribution in [0.3, 0.4) is 0 Å². The molecule has 0 aromatic heterocycles. The molecular formula is C15H29NS. The lowest BCUT2D eigenvalue weighted by Gasteiger charge is -2.30. The van der Waals surface area contributed by atoms with Gasteiger partial charge in [0.1, 0.15) is 0 Å². The van der Waals surface area contributed by atoms with Crippen LogP contribution in [0, 0.1) is 0 Å². The highest BCUT2D eigenvalue weighted by atomic mass is 32.2. The molecule has 17 heavy (non-hydrogen) atoms. The van der Waals surface area contributed by atoms with Crippen molar-refractivity contribution in [3.8, 4) is 0 Å². The maximum atomic E-state index is 3.88. The minimum atomic E-state index is 0.457. The fourth-order valence-corrected chi connectivity index (χ4v) is 4.80. The van der Waals surface area contributed by atoms with Crippen LogP contribution in [0.15, 0.2) is 0 Å². The van der Waals surface area contributed by atoms with Crippen molar-refractivity contribution in [2.45, 2.75) is 88.5 Å². The van der Waals surface area contributed by atoms with Gasteiger partial charge < -0.3 is 0 Å². The predicted molar refractivity (Wildman–Crippen MR) is 78.6 cm³/mol. The van der Waals surface area contributed by atoms with E-state index in [1.54, 1.807) is 0 Å². The maximum Gasteiger partial charge on any atom is 0.0648 e. The zero-order chi connectivity index (χ0) is 12.0. The lowest BCUT2D eigenvalue weighted by atomic mass is 9.97. The van der Waals surface area contributed by atoms with Crippen molar-refractivity contribution in [3.05, 3.63) is 0 Å². The molecule has 1 saturated carbocycles. The number of nitrogens with one attached hydrogen (secondary N) is 1. The largest absolute Gasteiger partial charge is 0.299 e. The van der Waals surface area contributed by atoms with Crippen molar-refractivity contribution in [3.63, 3.8) is 0 Å². The first-order valence-electron chi connectivity index (χ1n) is 7.72. The summed E-state index contributed by atoms with van der Waals surface area (Å²) in [5, 5.41) is 3.88. The van der Waals surface area contributed by atoms with Crippen LogP contribution < -0.4 is 5.32 Å². The molecular weight excluding hydrogens is 226 g/mol. The molecule has 0 aromatic rings. The van der Waals surface area contributed by atoms with Gasteiger partial charge in [-0.3, -0.25) is 5.32 Å². The molecule has 1 spiro atoms. The van der Waals surface area contributed by atoms with Gasteiger partial charge in [-0.15, -0.1) is 11.8 Å². The Hall–Kier alpha value is 0.310. The van der Waals surface area contributed by atoms with Gasteiger partial charge in [-0.25, -0.2) is 0 Å². The first-order chi connectivity index (χ1) is 8.31. The normalized spacial score (nSPS) is 31.9. The Labute approximate surface area is 112 Å². The third kappa shape index (κ3) is 4.48. The topological polar surface area (TPSA) is 12.0 Å². The van der Waals surface area contributed by atoms with E-state index in [-0.39, 0.29) is 0 Å². The van der Waals surface area contributed by atoms with Crippen molar-refractivity contribution in [2.24, 2.45) is 0 Å². The van der Waals surface area contributed by atoms with Gasteiger partial charge in [0.05, 0.1) is 4.87 Å². The smallest absolute Gasteiger partial charge is 0.0648 e. The van der Waals surface area contributed by atoms with Crippen LogP contribution in [0.5, 0.6) is 0 Å². The molecule has 1 aliphatic heterocycles. The second-order valence-electron chi connectivity index (χ2n) is 6.03. The summed E-state index contributed by atoms with van der Waals surface area (Å²) >= 11 is 2.21. The van der Waals surface area contributed by atoms with Crippen molar-refractivity contribution >= 4 is 11.8 Å². The van der Waals surface area contributed by atoms with Gasteiger partial charge in [0.2, 0.25) is 0 Å². The van der Waals surface area contributed by atoms with E-state index in [4.69, 9.17) is 0 Å². The van der Waals surface area contributed by atoms with Crippen LogP contribution in [0.25, 0.3) is 0 Å². The summed E-state index contributed by atoms with van der Waals surface area (Å²) in [7, 11) is 0. The van der Waals surface area contributed by atoms with Gasteiger partial charge in [-0.1, -0.05) is 57.8 Å². The van der Waals surface area contributed by atoms with E-state index in [9.17, 15) is 0 Å². The fourth-order valence-electron chi connectivity index (χ4n) is 3.29. The summed E-state index contributed by atoms with van der Waals surface area (Å²) in [5.74, 6) is 1.32. The molecule has 0 radical (unpaired) electrons. The predicted octanol–water partition coefficient (Wildman–Crippen LogP) is 4.71. The average Bonchev–Trinajstić information content (AvgIpc) is 2.66. The molecule has 2 fully saturated rings. The van der Waals surface area contributed by atoms with Crippen LogP contribution in [-0.4, -0.2) is 16.7 Å². The molecule has 2 heteroatoms. The Morgan fingerprint density at radius 1 is 0.824 bits per heavy atom. The first-order valence-corrected chi connectivity index (χ1v) is 8.71. The molecule has 1 N–H and O–H groups in total. The third-order valence-electron chi connectivity index (χ3n) is 4.28. The Morgan fingerprint density at radius 3 is 1.71 bits per heavy atom. The summed E-state index contributed by atoms with van der Waals surface area (Å²) in [5.41, 5.74) is 0. The van der Waals surface area contributed by atoms with Gasteiger partial charge in [0.15, 0.2) is 0 Å². The Balaban J connectivity index is 1.84. The van der Waals surface area contributed by atoms with Gasteiger partial charge in [-0.05, 0) is 19.8 Å². The molecule has 1 saturated heterocycles. The third-order valence-corrected chi connectivity index (χ3v) is 6.03. The minimum Gasteiger partial charge on any atom is -0.299 e. The zero-order valence-electron chi connectivity index (χ0n) is 11.5. The van der Waals surface area contributed by atoms with Crippen molar-refractivity contribution in [1.29, 1.82) is 0 Å². The first kappa shape index (κ1) is 13.7. The summed E-state index contributed by atoms with van der Waals surface area (Å²) in [4.78, 5) is 0.457. The van der Waals surface area contributed by atoms with Crippen LogP contribution in [0.2, 0.25) is 0 Å². The molecule has 2 aliphatic rings. The monoisotopic (exact) mass is 255 g/mol. The number of rotatable bonds is 0. The Morgan fingerprint density at radius 2 is 1.29 bits per heavy atom. The number of hydrogen-bond donors (Lipinski definition) is 1. The Bertz CT molecular complexity index is 205. The van der Waals surface area contributed by atoms with Crippen LogP contribution in [0.1, 0.15) is 77.6 Å². The lowest BCUT2D eigenvalue weighted by molar-refractivity contribution is 0.366. The van der Waals surface area contributed by atoms with Gasteiger partial charge in [0.25, 0.3) is 0 Å². The SMILES string of the molecule is CC1CSC2(CCCCCCCCCCC2)N1. The molecule has 1 atom stereocenters. The highest BCUT2D eigenvalue weighted by Crippen LogP contribution is 2.39. The van der Waals surface area contributed by atoms with Gasteiger partial charge in [-0.2, -0.15) is 0 Å². The second kappa shape index (κ2) is 7.04. The van der Waals surface area contributed by atoms with E-state index < -0.39 is 0 Å². The van der Waals surface area contributed by atoms with Crippen molar-refractivity contribution < 1.29 is 0 Å².